The van der Waals surface area contributed by atoms with Crippen LogP contribution in [0.3, 0.4) is 0 Å². The van der Waals surface area contributed by atoms with Crippen molar-refractivity contribution in [2.24, 2.45) is 0 Å². The fourth-order valence-corrected chi connectivity index (χ4v) is 0.836. The van der Waals surface area contributed by atoms with E-state index in [9.17, 15) is 13.2 Å². The highest BCUT2D eigenvalue weighted by Crippen LogP contribution is 2.29. The predicted molar refractivity (Wildman–Crippen MR) is 25.0 cm³/mol. The molecule has 1 nitrogen and oxygen atoms in total. The average Bonchev–Trinajstić information content (AvgIpc) is 2.08. The van der Waals surface area contributed by atoms with Crippen LogP contribution in [0, 0.1) is 0 Å². The lowest BCUT2D eigenvalue weighted by atomic mass is 10.2. The predicted octanol–water partition coefficient (Wildman–Crippen LogP) is 1.73. The van der Waals surface area contributed by atoms with Gasteiger partial charge in [-0.05, 0) is 12.8 Å². The van der Waals surface area contributed by atoms with Crippen LogP contribution >= 0.6 is 0 Å². The van der Waals surface area contributed by atoms with E-state index < -0.39 is 12.3 Å². The lowest BCUT2D eigenvalue weighted by Crippen LogP contribution is -2.27. The van der Waals surface area contributed by atoms with Crippen molar-refractivity contribution in [2.75, 3.05) is 6.61 Å². The molecule has 0 aromatic carbocycles. The van der Waals surface area contributed by atoms with Crippen molar-refractivity contribution < 1.29 is 17.9 Å². The fourth-order valence-electron chi connectivity index (χ4n) is 0.836. The Morgan fingerprint density at radius 3 is 2.22 bits per heavy atom. The van der Waals surface area contributed by atoms with E-state index in [2.05, 4.69) is 4.74 Å². The Balaban J connectivity index is 2.42. The lowest BCUT2D eigenvalue weighted by Gasteiger charge is -2.12. The van der Waals surface area contributed by atoms with Gasteiger partial charge in [0.05, 0.1) is 0 Å². The molecular weight excluding hydrogens is 133 g/mol. The number of halogens is 3. The van der Waals surface area contributed by atoms with Crippen LogP contribution in [0.25, 0.3) is 0 Å². The van der Waals surface area contributed by atoms with Crippen LogP contribution < -0.4 is 0 Å². The Morgan fingerprint density at radius 1 is 1.33 bits per heavy atom. The normalized spacial score (nSPS) is 29.0. The minimum Gasteiger partial charge on any atom is -0.369 e. The second-order valence-electron chi connectivity index (χ2n) is 2.04. The van der Waals surface area contributed by atoms with Gasteiger partial charge in [-0.3, -0.25) is 0 Å². The third kappa shape index (κ3) is 1.58. The standard InChI is InChI=1S/C5H7F3O/c6-5(7,8)4-2-1-3-9-4/h4H,1-3H2. The quantitative estimate of drug-likeness (QED) is 0.497. The maximum Gasteiger partial charge on any atom is 0.414 e. The van der Waals surface area contributed by atoms with Gasteiger partial charge < -0.3 is 4.74 Å². The number of hydrogen-bond donors (Lipinski definition) is 0. The highest BCUT2D eigenvalue weighted by atomic mass is 19.4. The molecule has 1 rings (SSSR count). The van der Waals surface area contributed by atoms with Gasteiger partial charge in [0.1, 0.15) is 0 Å². The summed E-state index contributed by atoms with van der Waals surface area (Å²) in [6.07, 6.45) is -4.97. The molecule has 1 aliphatic heterocycles. The zero-order chi connectivity index (χ0) is 6.91. The van der Waals surface area contributed by atoms with E-state index in [0.717, 1.165) is 0 Å². The van der Waals surface area contributed by atoms with E-state index in [0.29, 0.717) is 6.42 Å². The third-order valence-electron chi connectivity index (χ3n) is 1.29. The van der Waals surface area contributed by atoms with Crippen molar-refractivity contribution >= 4 is 0 Å². The van der Waals surface area contributed by atoms with E-state index in [1.165, 1.54) is 0 Å². The zero-order valence-corrected chi connectivity index (χ0v) is 4.74. The smallest absolute Gasteiger partial charge is 0.369 e. The first-order valence-corrected chi connectivity index (χ1v) is 2.79. The summed E-state index contributed by atoms with van der Waals surface area (Å²) in [5.41, 5.74) is 0. The van der Waals surface area contributed by atoms with E-state index in [1.54, 1.807) is 0 Å². The summed E-state index contributed by atoms with van der Waals surface area (Å²) in [7, 11) is 0. The first kappa shape index (κ1) is 6.86. The molecule has 0 aromatic heterocycles. The van der Waals surface area contributed by atoms with Crippen molar-refractivity contribution in [2.45, 2.75) is 25.1 Å². The summed E-state index contributed by atoms with van der Waals surface area (Å²) in [6, 6.07) is 0. The van der Waals surface area contributed by atoms with Crippen LogP contribution in [0.2, 0.25) is 0 Å². The Kier molecular flexibility index (Phi) is 1.66. The Hall–Kier alpha value is -0.250. The maximum absolute atomic E-state index is 11.6. The van der Waals surface area contributed by atoms with Crippen LogP contribution in [0.5, 0.6) is 0 Å². The molecule has 1 heterocycles. The first-order valence-electron chi connectivity index (χ1n) is 2.79. The summed E-state index contributed by atoms with van der Waals surface area (Å²) in [5.74, 6) is 0. The number of alkyl halides is 3. The van der Waals surface area contributed by atoms with E-state index >= 15 is 0 Å². The lowest BCUT2D eigenvalue weighted by molar-refractivity contribution is -0.206. The van der Waals surface area contributed by atoms with E-state index in [-0.39, 0.29) is 13.0 Å². The van der Waals surface area contributed by atoms with Crippen molar-refractivity contribution in [3.63, 3.8) is 0 Å². The zero-order valence-electron chi connectivity index (χ0n) is 4.74. The molecule has 1 unspecified atom stereocenters. The van der Waals surface area contributed by atoms with Crippen molar-refractivity contribution in [3.05, 3.63) is 0 Å². The molecule has 0 bridgehead atoms. The second kappa shape index (κ2) is 2.17. The van der Waals surface area contributed by atoms with Crippen molar-refractivity contribution in [1.82, 2.24) is 0 Å². The third-order valence-corrected chi connectivity index (χ3v) is 1.29. The summed E-state index contributed by atoms with van der Waals surface area (Å²) in [5, 5.41) is 0. The molecule has 9 heavy (non-hydrogen) atoms. The Bertz CT molecular complexity index is 92.9. The van der Waals surface area contributed by atoms with Gasteiger partial charge >= 0.3 is 6.18 Å². The molecule has 0 saturated carbocycles. The van der Waals surface area contributed by atoms with Gasteiger partial charge in [0, 0.05) is 6.61 Å². The van der Waals surface area contributed by atoms with E-state index in [4.69, 9.17) is 0 Å². The summed E-state index contributed by atoms with van der Waals surface area (Å²) < 4.78 is 39.3. The minimum absolute atomic E-state index is 0.128. The topological polar surface area (TPSA) is 9.23 Å². The van der Waals surface area contributed by atoms with Crippen LogP contribution in [-0.4, -0.2) is 18.9 Å². The molecule has 1 fully saturated rings. The van der Waals surface area contributed by atoms with Gasteiger partial charge in [-0.25, -0.2) is 0 Å². The van der Waals surface area contributed by atoms with Gasteiger partial charge in [0.2, 0.25) is 0 Å². The Labute approximate surface area is 50.8 Å². The summed E-state index contributed by atoms with van der Waals surface area (Å²) >= 11 is 0. The maximum atomic E-state index is 11.6. The fraction of sp³-hybridized carbons (Fsp3) is 1.00. The van der Waals surface area contributed by atoms with Gasteiger partial charge in [0.25, 0.3) is 0 Å². The molecule has 0 N–H and O–H groups in total. The summed E-state index contributed by atoms with van der Waals surface area (Å²) in [4.78, 5) is 0. The molecule has 4 heteroatoms. The molecular formula is C5H7F3O. The van der Waals surface area contributed by atoms with Crippen molar-refractivity contribution in [3.8, 4) is 0 Å². The van der Waals surface area contributed by atoms with Gasteiger partial charge in [-0.15, -0.1) is 0 Å². The highest BCUT2D eigenvalue weighted by Gasteiger charge is 2.42. The van der Waals surface area contributed by atoms with Gasteiger partial charge in [-0.1, -0.05) is 0 Å². The first-order chi connectivity index (χ1) is 4.11. The highest BCUT2D eigenvalue weighted by molar-refractivity contribution is 4.71. The molecule has 0 aromatic rings. The number of ether oxygens (including phenoxy) is 1. The number of hydrogen-bond acceptors (Lipinski definition) is 1. The minimum atomic E-state index is -4.14. The molecule has 0 aliphatic carbocycles. The SMILES string of the molecule is FC(F)(F)C1CCCO1. The van der Waals surface area contributed by atoms with Crippen LogP contribution in [0.15, 0.2) is 0 Å². The monoisotopic (exact) mass is 140 g/mol. The molecule has 0 spiro atoms. The molecule has 1 atom stereocenters. The van der Waals surface area contributed by atoms with Crippen LogP contribution in [0.4, 0.5) is 13.2 Å². The number of rotatable bonds is 0. The average molecular weight is 140 g/mol. The molecule has 54 valence electrons. The molecule has 1 aliphatic rings. The van der Waals surface area contributed by atoms with Crippen LogP contribution in [-0.2, 0) is 4.74 Å². The van der Waals surface area contributed by atoms with E-state index in [1.807, 2.05) is 0 Å². The molecule has 0 radical (unpaired) electrons. The molecule has 0 amide bonds. The Morgan fingerprint density at radius 2 is 2.00 bits per heavy atom. The summed E-state index contributed by atoms with van der Waals surface area (Å²) in [6.45, 7) is 0.254. The van der Waals surface area contributed by atoms with Gasteiger partial charge in [0.15, 0.2) is 6.10 Å². The largest absolute Gasteiger partial charge is 0.414 e. The van der Waals surface area contributed by atoms with Crippen LogP contribution in [0.1, 0.15) is 12.8 Å². The molecule has 1 saturated heterocycles. The van der Waals surface area contributed by atoms with Gasteiger partial charge in [-0.2, -0.15) is 13.2 Å². The second-order valence-corrected chi connectivity index (χ2v) is 2.04. The van der Waals surface area contributed by atoms with Crippen molar-refractivity contribution in [1.29, 1.82) is 0 Å².